The van der Waals surface area contributed by atoms with Crippen molar-refractivity contribution >= 4 is 23.2 Å². The fraction of sp³-hybridized carbons (Fsp3) is 0.333. The maximum atomic E-state index is 6.40. The predicted molar refractivity (Wildman–Crippen MR) is 90.4 cm³/mol. The largest absolute Gasteiger partial charge is 0.309 e. The van der Waals surface area contributed by atoms with Gasteiger partial charge < -0.3 is 5.32 Å². The van der Waals surface area contributed by atoms with Crippen LogP contribution in [0, 0.1) is 0 Å². The van der Waals surface area contributed by atoms with Crippen LogP contribution in [0.15, 0.2) is 42.5 Å². The van der Waals surface area contributed by atoms with Crippen LogP contribution in [0.1, 0.15) is 47.9 Å². The van der Waals surface area contributed by atoms with Gasteiger partial charge in [-0.3, -0.25) is 0 Å². The van der Waals surface area contributed by atoms with E-state index in [1.54, 1.807) is 0 Å². The Bertz CT molecular complexity index is 635. The molecule has 21 heavy (non-hydrogen) atoms. The van der Waals surface area contributed by atoms with Crippen molar-refractivity contribution in [3.05, 3.63) is 69.2 Å². The molecule has 0 bridgehead atoms. The fourth-order valence-corrected chi connectivity index (χ4v) is 3.49. The second-order valence-corrected chi connectivity index (χ2v) is 6.49. The maximum absolute atomic E-state index is 6.40. The van der Waals surface area contributed by atoms with Crippen LogP contribution in [0.4, 0.5) is 0 Å². The summed E-state index contributed by atoms with van der Waals surface area (Å²) in [7, 11) is 1.97. The highest BCUT2D eigenvalue weighted by molar-refractivity contribution is 6.33. The van der Waals surface area contributed by atoms with Gasteiger partial charge in [-0.05, 0) is 60.7 Å². The van der Waals surface area contributed by atoms with Crippen molar-refractivity contribution in [2.75, 3.05) is 7.05 Å². The van der Waals surface area contributed by atoms with Crippen LogP contribution < -0.4 is 5.32 Å². The summed E-state index contributed by atoms with van der Waals surface area (Å²) in [4.78, 5) is 0. The molecule has 2 aromatic rings. The average molecular weight is 320 g/mol. The van der Waals surface area contributed by atoms with E-state index < -0.39 is 0 Å². The molecule has 3 heteroatoms. The molecule has 1 atom stereocenters. The van der Waals surface area contributed by atoms with E-state index in [9.17, 15) is 0 Å². The van der Waals surface area contributed by atoms with Crippen LogP contribution in [-0.4, -0.2) is 7.05 Å². The van der Waals surface area contributed by atoms with Gasteiger partial charge in [0.1, 0.15) is 0 Å². The molecule has 1 fully saturated rings. The highest BCUT2D eigenvalue weighted by atomic mass is 35.5. The number of hydrogen-bond acceptors (Lipinski definition) is 1. The SMILES string of the molecule is CNC(c1cc(Cl)ccc1Cl)c1ccccc1C1CCC1. The van der Waals surface area contributed by atoms with Crippen molar-refractivity contribution in [1.29, 1.82) is 0 Å². The molecule has 2 aromatic carbocycles. The van der Waals surface area contributed by atoms with Crippen LogP contribution in [0.5, 0.6) is 0 Å². The van der Waals surface area contributed by atoms with Gasteiger partial charge in [0.15, 0.2) is 0 Å². The Morgan fingerprint density at radius 3 is 2.48 bits per heavy atom. The first-order valence-corrected chi connectivity index (χ1v) is 8.17. The molecule has 1 saturated carbocycles. The van der Waals surface area contributed by atoms with Crippen molar-refractivity contribution in [2.24, 2.45) is 0 Å². The van der Waals surface area contributed by atoms with Crippen molar-refractivity contribution in [2.45, 2.75) is 31.2 Å². The van der Waals surface area contributed by atoms with Gasteiger partial charge in [-0.1, -0.05) is 53.9 Å². The molecule has 0 aliphatic heterocycles. The Hall–Kier alpha value is -1.02. The molecular weight excluding hydrogens is 301 g/mol. The van der Waals surface area contributed by atoms with Crippen molar-refractivity contribution in [3.63, 3.8) is 0 Å². The van der Waals surface area contributed by atoms with Crippen LogP contribution in [0.3, 0.4) is 0 Å². The Kier molecular flexibility index (Phi) is 4.54. The minimum absolute atomic E-state index is 0.0769. The van der Waals surface area contributed by atoms with E-state index in [0.717, 1.165) is 15.6 Å². The molecule has 0 radical (unpaired) electrons. The second kappa shape index (κ2) is 6.39. The molecule has 1 unspecified atom stereocenters. The lowest BCUT2D eigenvalue weighted by Gasteiger charge is -2.31. The molecule has 110 valence electrons. The molecule has 1 aliphatic carbocycles. The zero-order chi connectivity index (χ0) is 14.8. The van der Waals surface area contributed by atoms with E-state index in [4.69, 9.17) is 23.2 Å². The molecule has 0 aromatic heterocycles. The Morgan fingerprint density at radius 2 is 1.81 bits per heavy atom. The third-order valence-corrected chi connectivity index (χ3v) is 4.99. The van der Waals surface area contributed by atoms with Gasteiger partial charge in [0.25, 0.3) is 0 Å². The summed E-state index contributed by atoms with van der Waals surface area (Å²) < 4.78 is 0. The lowest BCUT2D eigenvalue weighted by atomic mass is 9.76. The third kappa shape index (κ3) is 2.96. The Labute approximate surface area is 136 Å². The molecule has 0 heterocycles. The van der Waals surface area contributed by atoms with E-state index in [1.807, 2.05) is 25.2 Å². The molecule has 3 rings (SSSR count). The average Bonchev–Trinajstić information content (AvgIpc) is 2.43. The number of benzene rings is 2. The van der Waals surface area contributed by atoms with Gasteiger partial charge >= 0.3 is 0 Å². The first-order chi connectivity index (χ1) is 10.2. The summed E-state index contributed by atoms with van der Waals surface area (Å²) >= 11 is 12.6. The first kappa shape index (κ1) is 14.9. The van der Waals surface area contributed by atoms with Gasteiger partial charge in [-0.25, -0.2) is 0 Å². The summed E-state index contributed by atoms with van der Waals surface area (Å²) in [5, 5.41) is 4.87. The third-order valence-electron chi connectivity index (χ3n) is 4.41. The predicted octanol–water partition coefficient (Wildman–Crippen LogP) is 5.57. The molecular formula is C18H19Cl2N. The van der Waals surface area contributed by atoms with Gasteiger partial charge in [0.2, 0.25) is 0 Å². The normalized spacial score (nSPS) is 16.5. The van der Waals surface area contributed by atoms with Gasteiger partial charge in [-0.15, -0.1) is 0 Å². The summed E-state index contributed by atoms with van der Waals surface area (Å²) in [5.41, 5.74) is 3.80. The Balaban J connectivity index is 2.06. The molecule has 1 nitrogen and oxygen atoms in total. The number of nitrogens with one attached hydrogen (secondary N) is 1. The van der Waals surface area contributed by atoms with E-state index in [1.165, 1.54) is 30.4 Å². The molecule has 0 amide bonds. The van der Waals surface area contributed by atoms with E-state index in [0.29, 0.717) is 5.92 Å². The Morgan fingerprint density at radius 1 is 1.05 bits per heavy atom. The smallest absolute Gasteiger partial charge is 0.0592 e. The highest BCUT2D eigenvalue weighted by Gasteiger charge is 2.26. The number of hydrogen-bond donors (Lipinski definition) is 1. The summed E-state index contributed by atoms with van der Waals surface area (Å²) in [6, 6.07) is 14.4. The zero-order valence-electron chi connectivity index (χ0n) is 12.1. The summed E-state index contributed by atoms with van der Waals surface area (Å²) in [6.07, 6.45) is 3.91. The lowest BCUT2D eigenvalue weighted by molar-refractivity contribution is 0.415. The topological polar surface area (TPSA) is 12.0 Å². The number of rotatable bonds is 4. The standard InChI is InChI=1S/C18H19Cl2N/c1-21-18(16-11-13(19)9-10-17(16)20)15-8-3-2-7-14(15)12-5-4-6-12/h2-3,7-12,18,21H,4-6H2,1H3. The quantitative estimate of drug-likeness (QED) is 0.776. The van der Waals surface area contributed by atoms with E-state index in [-0.39, 0.29) is 6.04 Å². The first-order valence-electron chi connectivity index (χ1n) is 7.41. The second-order valence-electron chi connectivity index (χ2n) is 5.64. The van der Waals surface area contributed by atoms with Crippen molar-refractivity contribution in [1.82, 2.24) is 5.32 Å². The van der Waals surface area contributed by atoms with Crippen molar-refractivity contribution in [3.8, 4) is 0 Å². The van der Waals surface area contributed by atoms with E-state index in [2.05, 4.69) is 29.6 Å². The molecule has 0 saturated heterocycles. The monoisotopic (exact) mass is 319 g/mol. The van der Waals surface area contributed by atoms with Gasteiger partial charge in [-0.2, -0.15) is 0 Å². The van der Waals surface area contributed by atoms with E-state index >= 15 is 0 Å². The highest BCUT2D eigenvalue weighted by Crippen LogP contribution is 2.41. The molecule has 1 N–H and O–H groups in total. The zero-order valence-corrected chi connectivity index (χ0v) is 13.6. The van der Waals surface area contributed by atoms with Gasteiger partial charge in [0, 0.05) is 10.0 Å². The fourth-order valence-electron chi connectivity index (χ4n) is 3.08. The minimum Gasteiger partial charge on any atom is -0.309 e. The lowest BCUT2D eigenvalue weighted by Crippen LogP contribution is -2.22. The van der Waals surface area contributed by atoms with Gasteiger partial charge in [0.05, 0.1) is 6.04 Å². The van der Waals surface area contributed by atoms with Crippen LogP contribution in [-0.2, 0) is 0 Å². The minimum atomic E-state index is 0.0769. The van der Waals surface area contributed by atoms with Crippen LogP contribution in [0.2, 0.25) is 10.0 Å². The molecule has 1 aliphatic rings. The number of halogens is 2. The molecule has 0 spiro atoms. The van der Waals surface area contributed by atoms with Crippen LogP contribution in [0.25, 0.3) is 0 Å². The van der Waals surface area contributed by atoms with Crippen molar-refractivity contribution < 1.29 is 0 Å². The summed E-state index contributed by atoms with van der Waals surface area (Å²) in [6.45, 7) is 0. The maximum Gasteiger partial charge on any atom is 0.0592 e. The summed E-state index contributed by atoms with van der Waals surface area (Å²) in [5.74, 6) is 0.690. The van der Waals surface area contributed by atoms with Crippen LogP contribution >= 0.6 is 23.2 Å².